The number of thioether (sulfide) groups is 1. The van der Waals surface area contributed by atoms with Gasteiger partial charge in [-0.2, -0.15) is 11.8 Å². The molecule has 0 aromatic carbocycles. The molecule has 0 bridgehead atoms. The zero-order valence-electron chi connectivity index (χ0n) is 8.66. The van der Waals surface area contributed by atoms with Crippen molar-refractivity contribution in [3.8, 4) is 0 Å². The summed E-state index contributed by atoms with van der Waals surface area (Å²) in [7, 11) is 0. The number of aliphatic hydroxyl groups is 2. The molecule has 0 aliphatic carbocycles. The van der Waals surface area contributed by atoms with Crippen LogP contribution in [0.25, 0.3) is 0 Å². The number of hydrogen-bond acceptors (Lipinski definition) is 4. The van der Waals surface area contributed by atoms with Crippen LogP contribution in [-0.2, 0) is 0 Å². The fourth-order valence-electron chi connectivity index (χ4n) is 0.948. The van der Waals surface area contributed by atoms with E-state index in [2.05, 4.69) is 26.1 Å². The van der Waals surface area contributed by atoms with Gasteiger partial charge < -0.3 is 15.5 Å². The zero-order valence-corrected chi connectivity index (χ0v) is 9.47. The lowest BCUT2D eigenvalue weighted by atomic mass is 10.2. The van der Waals surface area contributed by atoms with E-state index in [-0.39, 0.29) is 6.61 Å². The Kier molecular flexibility index (Phi) is 7.75. The van der Waals surface area contributed by atoms with E-state index in [0.29, 0.717) is 17.0 Å². The molecule has 0 saturated heterocycles. The van der Waals surface area contributed by atoms with Gasteiger partial charge in [-0.05, 0) is 13.5 Å². The topological polar surface area (TPSA) is 52.5 Å². The van der Waals surface area contributed by atoms with Crippen LogP contribution in [0.3, 0.4) is 0 Å². The van der Waals surface area contributed by atoms with Crippen molar-refractivity contribution in [2.45, 2.75) is 38.2 Å². The predicted octanol–water partition coefficient (Wildman–Crippen LogP) is 0.459. The van der Waals surface area contributed by atoms with Gasteiger partial charge in [0, 0.05) is 17.0 Å². The van der Waals surface area contributed by atoms with E-state index in [0.717, 1.165) is 6.54 Å². The highest BCUT2D eigenvalue weighted by Crippen LogP contribution is 2.15. The second kappa shape index (κ2) is 7.62. The third-order valence-electron chi connectivity index (χ3n) is 1.99. The van der Waals surface area contributed by atoms with Crippen LogP contribution in [-0.4, -0.2) is 46.5 Å². The van der Waals surface area contributed by atoms with E-state index in [1.807, 2.05) is 0 Å². The summed E-state index contributed by atoms with van der Waals surface area (Å²) >= 11 is 1.68. The van der Waals surface area contributed by atoms with Crippen molar-refractivity contribution in [1.82, 2.24) is 5.32 Å². The monoisotopic (exact) mass is 207 g/mol. The van der Waals surface area contributed by atoms with Crippen molar-refractivity contribution in [3.63, 3.8) is 0 Å². The first-order valence-corrected chi connectivity index (χ1v) is 5.80. The first-order chi connectivity index (χ1) is 6.11. The largest absolute Gasteiger partial charge is 0.394 e. The zero-order chi connectivity index (χ0) is 10.3. The highest BCUT2D eigenvalue weighted by molar-refractivity contribution is 7.99. The quantitative estimate of drug-likeness (QED) is 0.568. The van der Waals surface area contributed by atoms with E-state index in [1.165, 1.54) is 0 Å². The summed E-state index contributed by atoms with van der Waals surface area (Å²) in [4.78, 5) is 0. The van der Waals surface area contributed by atoms with Crippen LogP contribution >= 0.6 is 11.8 Å². The summed E-state index contributed by atoms with van der Waals surface area (Å²) in [5, 5.41) is 21.5. The second-order valence-corrected chi connectivity index (χ2v) is 4.63. The van der Waals surface area contributed by atoms with Crippen molar-refractivity contribution in [2.75, 3.05) is 18.9 Å². The summed E-state index contributed by atoms with van der Waals surface area (Å²) in [6, 6.07) is 0.445. The van der Waals surface area contributed by atoms with Crippen LogP contribution in [0.15, 0.2) is 0 Å². The lowest BCUT2D eigenvalue weighted by molar-refractivity contribution is 0.113. The third-order valence-corrected chi connectivity index (χ3v) is 3.50. The molecule has 3 N–H and O–H groups in total. The molecule has 0 fully saturated rings. The van der Waals surface area contributed by atoms with Crippen molar-refractivity contribution < 1.29 is 10.2 Å². The number of aliphatic hydroxyl groups excluding tert-OH is 2. The standard InChI is InChI=1S/C9H21NO2S/c1-4-10-7(2)8(3)13-6-9(12)5-11/h7-12H,4-6H2,1-3H3. The van der Waals surface area contributed by atoms with Gasteiger partial charge in [-0.3, -0.25) is 0 Å². The minimum absolute atomic E-state index is 0.144. The lowest BCUT2D eigenvalue weighted by Crippen LogP contribution is -2.34. The summed E-state index contributed by atoms with van der Waals surface area (Å²) < 4.78 is 0. The molecule has 0 aliphatic heterocycles. The molecule has 0 aromatic rings. The fraction of sp³-hybridized carbons (Fsp3) is 1.00. The lowest BCUT2D eigenvalue weighted by Gasteiger charge is -2.20. The van der Waals surface area contributed by atoms with Crippen LogP contribution in [0.2, 0.25) is 0 Å². The SMILES string of the molecule is CCNC(C)C(C)SCC(O)CO. The molecule has 0 aliphatic rings. The van der Waals surface area contributed by atoms with E-state index >= 15 is 0 Å². The summed E-state index contributed by atoms with van der Waals surface area (Å²) in [5.74, 6) is 0.605. The van der Waals surface area contributed by atoms with Crippen molar-refractivity contribution in [2.24, 2.45) is 0 Å². The summed E-state index contributed by atoms with van der Waals surface area (Å²) in [6.07, 6.45) is -0.582. The summed E-state index contributed by atoms with van der Waals surface area (Å²) in [5.41, 5.74) is 0. The van der Waals surface area contributed by atoms with Gasteiger partial charge in [0.25, 0.3) is 0 Å². The average molecular weight is 207 g/mol. The molecule has 0 saturated carbocycles. The van der Waals surface area contributed by atoms with Gasteiger partial charge in [-0.25, -0.2) is 0 Å². The highest BCUT2D eigenvalue weighted by Gasteiger charge is 2.12. The normalized spacial score (nSPS) is 18.2. The maximum atomic E-state index is 9.13. The Bertz CT molecular complexity index is 124. The molecule has 13 heavy (non-hydrogen) atoms. The van der Waals surface area contributed by atoms with Crippen molar-refractivity contribution in [1.29, 1.82) is 0 Å². The van der Waals surface area contributed by atoms with Crippen LogP contribution < -0.4 is 5.32 Å². The maximum Gasteiger partial charge on any atom is 0.0861 e. The Hall–Kier alpha value is 0.230. The molecular formula is C9H21NO2S. The van der Waals surface area contributed by atoms with Gasteiger partial charge in [0.2, 0.25) is 0 Å². The second-order valence-electron chi connectivity index (χ2n) is 3.22. The van der Waals surface area contributed by atoms with E-state index in [9.17, 15) is 0 Å². The fourth-order valence-corrected chi connectivity index (χ4v) is 1.96. The Morgan fingerprint density at radius 2 is 2.00 bits per heavy atom. The molecule has 0 heterocycles. The molecule has 3 atom stereocenters. The molecule has 80 valence electrons. The van der Waals surface area contributed by atoms with Crippen LogP contribution in [0.5, 0.6) is 0 Å². The molecule has 0 aromatic heterocycles. The minimum Gasteiger partial charge on any atom is -0.394 e. The van der Waals surface area contributed by atoms with E-state index in [1.54, 1.807) is 11.8 Å². The first-order valence-electron chi connectivity index (χ1n) is 4.75. The minimum atomic E-state index is -0.582. The smallest absolute Gasteiger partial charge is 0.0861 e. The van der Waals surface area contributed by atoms with Crippen molar-refractivity contribution >= 4 is 11.8 Å². The van der Waals surface area contributed by atoms with Gasteiger partial charge in [0.1, 0.15) is 0 Å². The number of rotatable bonds is 7. The van der Waals surface area contributed by atoms with Crippen LogP contribution in [0, 0.1) is 0 Å². The maximum absolute atomic E-state index is 9.13. The molecule has 3 unspecified atom stereocenters. The van der Waals surface area contributed by atoms with Crippen LogP contribution in [0.1, 0.15) is 20.8 Å². The molecule has 3 nitrogen and oxygen atoms in total. The highest BCUT2D eigenvalue weighted by atomic mass is 32.2. The molecule has 0 spiro atoms. The van der Waals surface area contributed by atoms with Crippen molar-refractivity contribution in [3.05, 3.63) is 0 Å². The van der Waals surface area contributed by atoms with Gasteiger partial charge in [-0.15, -0.1) is 0 Å². The summed E-state index contributed by atoms with van der Waals surface area (Å²) in [6.45, 7) is 7.16. The van der Waals surface area contributed by atoms with Gasteiger partial charge >= 0.3 is 0 Å². The molecule has 0 radical (unpaired) electrons. The Balaban J connectivity index is 3.54. The molecule has 4 heteroatoms. The van der Waals surface area contributed by atoms with E-state index in [4.69, 9.17) is 10.2 Å². The number of hydrogen-bond donors (Lipinski definition) is 3. The van der Waals surface area contributed by atoms with E-state index < -0.39 is 6.10 Å². The Morgan fingerprint density at radius 1 is 1.38 bits per heavy atom. The van der Waals surface area contributed by atoms with Gasteiger partial charge in [0.05, 0.1) is 12.7 Å². The van der Waals surface area contributed by atoms with Crippen LogP contribution in [0.4, 0.5) is 0 Å². The van der Waals surface area contributed by atoms with Gasteiger partial charge in [0.15, 0.2) is 0 Å². The third kappa shape index (κ3) is 6.32. The Morgan fingerprint density at radius 3 is 2.46 bits per heavy atom. The predicted molar refractivity (Wildman–Crippen MR) is 58.2 cm³/mol. The average Bonchev–Trinajstić information content (AvgIpc) is 2.13. The molecular weight excluding hydrogens is 186 g/mol. The van der Waals surface area contributed by atoms with Gasteiger partial charge in [-0.1, -0.05) is 13.8 Å². The first kappa shape index (κ1) is 13.2. The molecule has 0 amide bonds. The molecule has 0 rings (SSSR count). The number of nitrogens with one attached hydrogen (secondary N) is 1. The Labute approximate surface area is 84.9 Å².